The highest BCUT2D eigenvalue weighted by Crippen LogP contribution is 2.31. The van der Waals surface area contributed by atoms with Crippen molar-refractivity contribution in [2.24, 2.45) is 7.05 Å². The number of carbonyl (C=O) groups excluding carboxylic acids is 2. The Labute approximate surface area is 190 Å². The fraction of sp³-hybridized carbons (Fsp3) is 0.167. The molecular weight excluding hydrogens is 422 g/mol. The number of pyridine rings is 1. The third-order valence-electron chi connectivity index (χ3n) is 4.98. The fourth-order valence-corrected chi connectivity index (χ4v) is 4.16. The van der Waals surface area contributed by atoms with E-state index >= 15 is 0 Å². The number of nitrogens with zero attached hydrogens (tertiary/aromatic N) is 4. The number of para-hydroxylation sites is 1. The van der Waals surface area contributed by atoms with Crippen LogP contribution in [0.15, 0.2) is 65.6 Å². The molecule has 2 heterocycles. The van der Waals surface area contributed by atoms with Gasteiger partial charge in [0.05, 0.1) is 28.0 Å². The Morgan fingerprint density at radius 3 is 2.44 bits per heavy atom. The number of amides is 2. The molecule has 1 N–H and O–H groups in total. The molecule has 0 aliphatic carbocycles. The summed E-state index contributed by atoms with van der Waals surface area (Å²) >= 11 is 1.07. The first-order chi connectivity index (χ1) is 15.3. The second-order valence-electron chi connectivity index (χ2n) is 7.54. The first-order valence-corrected chi connectivity index (χ1v) is 10.9. The van der Waals surface area contributed by atoms with Crippen molar-refractivity contribution in [3.05, 3.63) is 71.9 Å². The molecule has 0 aliphatic heterocycles. The molecule has 0 saturated heterocycles. The predicted molar refractivity (Wildman–Crippen MR) is 128 cm³/mol. The second kappa shape index (κ2) is 8.84. The normalized spacial score (nSPS) is 10.9. The minimum Gasteiger partial charge on any atom is -0.339 e. The van der Waals surface area contributed by atoms with Crippen LogP contribution in [0.2, 0.25) is 0 Å². The van der Waals surface area contributed by atoms with Crippen molar-refractivity contribution in [1.82, 2.24) is 19.7 Å². The van der Waals surface area contributed by atoms with Crippen molar-refractivity contribution in [3.63, 3.8) is 0 Å². The summed E-state index contributed by atoms with van der Waals surface area (Å²) in [6.45, 7) is 1.86. The number of thioether (sulfide) groups is 1. The molecular formula is C24H23N5O2S. The number of fused-ring (bicyclic) bond motifs is 1. The van der Waals surface area contributed by atoms with Crippen molar-refractivity contribution in [2.75, 3.05) is 19.4 Å². The zero-order valence-electron chi connectivity index (χ0n) is 18.3. The van der Waals surface area contributed by atoms with Crippen LogP contribution in [0, 0.1) is 6.92 Å². The summed E-state index contributed by atoms with van der Waals surface area (Å²) in [5, 5.41) is 8.04. The number of carbonyl (C=O) groups is 2. The van der Waals surface area contributed by atoms with E-state index in [1.807, 2.05) is 62.5 Å². The molecule has 0 saturated carbocycles. The molecule has 7 nitrogen and oxygen atoms in total. The van der Waals surface area contributed by atoms with E-state index in [9.17, 15) is 9.59 Å². The van der Waals surface area contributed by atoms with Gasteiger partial charge >= 0.3 is 0 Å². The largest absolute Gasteiger partial charge is 0.339 e. The molecule has 0 bridgehead atoms. The van der Waals surface area contributed by atoms with Crippen LogP contribution in [-0.2, 0) is 7.05 Å². The van der Waals surface area contributed by atoms with E-state index < -0.39 is 0 Å². The fourth-order valence-electron chi connectivity index (χ4n) is 3.41. The van der Waals surface area contributed by atoms with E-state index in [1.54, 1.807) is 30.9 Å². The molecule has 2 aromatic carbocycles. The van der Waals surface area contributed by atoms with E-state index in [-0.39, 0.29) is 11.1 Å². The number of nitrogens with one attached hydrogen (secondary N) is 1. The highest BCUT2D eigenvalue weighted by molar-refractivity contribution is 8.13. The van der Waals surface area contributed by atoms with Crippen LogP contribution < -0.4 is 5.32 Å². The maximum absolute atomic E-state index is 13.5. The molecule has 0 atom stereocenters. The van der Waals surface area contributed by atoms with E-state index in [1.165, 1.54) is 4.90 Å². The van der Waals surface area contributed by atoms with Crippen molar-refractivity contribution in [2.45, 2.75) is 11.8 Å². The van der Waals surface area contributed by atoms with E-state index in [4.69, 9.17) is 4.98 Å². The number of benzene rings is 2. The highest BCUT2D eigenvalue weighted by atomic mass is 32.2. The molecule has 162 valence electrons. The number of hydrogen-bond donors (Lipinski definition) is 1. The lowest BCUT2D eigenvalue weighted by molar-refractivity contribution is 0.102. The number of rotatable bonds is 4. The van der Waals surface area contributed by atoms with Gasteiger partial charge in [0.15, 0.2) is 5.65 Å². The monoisotopic (exact) mass is 445 g/mol. The minimum atomic E-state index is -0.281. The van der Waals surface area contributed by atoms with Crippen molar-refractivity contribution in [1.29, 1.82) is 0 Å². The Morgan fingerprint density at radius 1 is 1.03 bits per heavy atom. The van der Waals surface area contributed by atoms with Crippen LogP contribution in [0.4, 0.5) is 10.5 Å². The molecule has 2 aromatic heterocycles. The Kier molecular flexibility index (Phi) is 5.96. The molecule has 32 heavy (non-hydrogen) atoms. The van der Waals surface area contributed by atoms with Gasteiger partial charge < -0.3 is 10.2 Å². The summed E-state index contributed by atoms with van der Waals surface area (Å²) in [7, 11) is 5.21. The van der Waals surface area contributed by atoms with Gasteiger partial charge in [-0.2, -0.15) is 5.10 Å². The average Bonchev–Trinajstić information content (AvgIpc) is 3.08. The highest BCUT2D eigenvalue weighted by Gasteiger charge is 2.20. The zero-order valence-corrected chi connectivity index (χ0v) is 19.1. The molecule has 0 spiro atoms. The van der Waals surface area contributed by atoms with Crippen molar-refractivity contribution in [3.8, 4) is 11.3 Å². The third kappa shape index (κ3) is 4.22. The van der Waals surface area contributed by atoms with Gasteiger partial charge in [0.25, 0.3) is 11.1 Å². The lowest BCUT2D eigenvalue weighted by Gasteiger charge is -2.14. The van der Waals surface area contributed by atoms with Gasteiger partial charge in [0, 0.05) is 31.6 Å². The summed E-state index contributed by atoms with van der Waals surface area (Å²) in [4.78, 5) is 32.6. The molecule has 4 aromatic rings. The van der Waals surface area contributed by atoms with Gasteiger partial charge in [-0.05, 0) is 36.9 Å². The quantitative estimate of drug-likeness (QED) is 0.449. The molecule has 4 rings (SSSR count). The molecule has 2 amide bonds. The van der Waals surface area contributed by atoms with Crippen LogP contribution in [0.3, 0.4) is 0 Å². The first-order valence-electron chi connectivity index (χ1n) is 10.0. The van der Waals surface area contributed by atoms with Crippen LogP contribution >= 0.6 is 11.8 Å². The van der Waals surface area contributed by atoms with Crippen LogP contribution in [0.5, 0.6) is 0 Å². The summed E-state index contributed by atoms with van der Waals surface area (Å²) in [5.41, 5.74) is 4.03. The zero-order chi connectivity index (χ0) is 22.8. The van der Waals surface area contributed by atoms with Crippen molar-refractivity contribution < 1.29 is 9.59 Å². The summed E-state index contributed by atoms with van der Waals surface area (Å²) in [5.74, 6) is -0.281. The van der Waals surface area contributed by atoms with E-state index in [0.717, 1.165) is 23.0 Å². The molecule has 0 aliphatic rings. The SMILES string of the molecule is Cc1nn(C)c2nc(-c3ccccc3)cc(C(=O)Nc3ccccc3SC(=O)N(C)C)c12. The van der Waals surface area contributed by atoms with E-state index in [2.05, 4.69) is 10.4 Å². The summed E-state index contributed by atoms with van der Waals surface area (Å²) in [6, 6.07) is 18.8. The summed E-state index contributed by atoms with van der Waals surface area (Å²) in [6.07, 6.45) is 0. The lowest BCUT2D eigenvalue weighted by Crippen LogP contribution is -2.17. The Bertz CT molecular complexity index is 1310. The molecule has 0 radical (unpaired) electrons. The van der Waals surface area contributed by atoms with Gasteiger partial charge in [0.2, 0.25) is 0 Å². The standard InChI is InChI=1S/C24H23N5O2S/c1-15-21-17(14-19(16-10-6-5-7-11-16)25-22(21)29(4)27-15)23(30)26-18-12-8-9-13-20(18)32-24(31)28(2)3/h5-14H,1-4H3,(H,26,30). The average molecular weight is 446 g/mol. The second-order valence-corrected chi connectivity index (χ2v) is 8.53. The number of aromatic nitrogens is 3. The lowest BCUT2D eigenvalue weighted by atomic mass is 10.0. The Morgan fingerprint density at radius 2 is 1.72 bits per heavy atom. The summed E-state index contributed by atoms with van der Waals surface area (Å²) < 4.78 is 1.69. The first kappa shape index (κ1) is 21.6. The third-order valence-corrected chi connectivity index (χ3v) is 6.10. The predicted octanol–water partition coefficient (Wildman–Crippen LogP) is 4.97. The van der Waals surface area contributed by atoms with Gasteiger partial charge in [-0.3, -0.25) is 14.3 Å². The topological polar surface area (TPSA) is 80.1 Å². The van der Waals surface area contributed by atoms with Crippen molar-refractivity contribution >= 4 is 39.6 Å². The van der Waals surface area contributed by atoms with E-state index in [0.29, 0.717) is 32.9 Å². The van der Waals surface area contributed by atoms with Crippen LogP contribution in [0.1, 0.15) is 16.1 Å². The maximum atomic E-state index is 13.5. The van der Waals surface area contributed by atoms with Crippen LogP contribution in [-0.4, -0.2) is 44.9 Å². The number of aryl methyl sites for hydroxylation is 2. The van der Waals surface area contributed by atoms with Gasteiger partial charge in [-0.25, -0.2) is 4.98 Å². The molecule has 8 heteroatoms. The molecule has 0 unspecified atom stereocenters. The minimum absolute atomic E-state index is 0.118. The Hall–Kier alpha value is -3.65. The molecule has 0 fully saturated rings. The van der Waals surface area contributed by atoms with Gasteiger partial charge in [-0.1, -0.05) is 42.5 Å². The number of anilines is 1. The van der Waals surface area contributed by atoms with Crippen LogP contribution in [0.25, 0.3) is 22.3 Å². The number of hydrogen-bond acceptors (Lipinski definition) is 5. The van der Waals surface area contributed by atoms with Gasteiger partial charge in [0.1, 0.15) is 0 Å². The maximum Gasteiger partial charge on any atom is 0.286 e. The van der Waals surface area contributed by atoms with Gasteiger partial charge in [-0.15, -0.1) is 0 Å². The Balaban J connectivity index is 1.77. The smallest absolute Gasteiger partial charge is 0.286 e.